The molecule has 118 valence electrons. The number of hydrogen-bond acceptors (Lipinski definition) is 3. The summed E-state index contributed by atoms with van der Waals surface area (Å²) in [6.07, 6.45) is 0. The molecule has 0 amide bonds. The monoisotopic (exact) mass is 334 g/mol. The zero-order valence-corrected chi connectivity index (χ0v) is 13.7. The van der Waals surface area contributed by atoms with Gasteiger partial charge in [-0.1, -0.05) is 0 Å². The fourth-order valence-electron chi connectivity index (χ4n) is 3.21. The second-order valence-electron chi connectivity index (χ2n) is 5.87. The lowest BCUT2D eigenvalue weighted by Crippen LogP contribution is -2.32. The minimum absolute atomic E-state index is 0. The van der Waals surface area contributed by atoms with Crippen LogP contribution in [0.4, 0.5) is 4.39 Å². The molecule has 2 aliphatic rings. The molecule has 2 saturated heterocycles. The molecule has 0 radical (unpaired) electrons. The number of rotatable bonds is 2. The molecule has 1 aromatic rings. The summed E-state index contributed by atoms with van der Waals surface area (Å²) in [5.41, 5.74) is 0.759. The molecule has 0 spiro atoms. The van der Waals surface area contributed by atoms with Crippen molar-refractivity contribution in [2.45, 2.75) is 18.7 Å². The fourth-order valence-corrected chi connectivity index (χ4v) is 4.94. The zero-order chi connectivity index (χ0) is 14.5. The fraction of sp³-hybridized carbons (Fsp3) is 0.571. The second-order valence-corrected chi connectivity index (χ2v) is 7.81. The van der Waals surface area contributed by atoms with E-state index in [-0.39, 0.29) is 23.1 Å². The van der Waals surface area contributed by atoms with Crippen LogP contribution in [-0.2, 0) is 10.0 Å². The van der Waals surface area contributed by atoms with Gasteiger partial charge >= 0.3 is 0 Å². The third-order valence-electron chi connectivity index (χ3n) is 4.40. The molecule has 7 heteroatoms. The largest absolute Gasteiger partial charge is 0.316 e. The van der Waals surface area contributed by atoms with Crippen LogP contribution in [0, 0.1) is 31.5 Å². The first kappa shape index (κ1) is 16.7. The number of nitrogens with one attached hydrogen (secondary N) is 1. The summed E-state index contributed by atoms with van der Waals surface area (Å²) in [6.45, 7) is 6.11. The number of aryl methyl sites for hydroxylation is 2. The molecule has 4 nitrogen and oxygen atoms in total. The number of hydrogen-bond donors (Lipinski definition) is 1. The van der Waals surface area contributed by atoms with Gasteiger partial charge in [-0.05, 0) is 62.0 Å². The summed E-state index contributed by atoms with van der Waals surface area (Å²) >= 11 is 0. The molecule has 2 fully saturated rings. The average molecular weight is 335 g/mol. The Kier molecular flexibility index (Phi) is 4.63. The molecule has 1 N–H and O–H groups in total. The van der Waals surface area contributed by atoms with E-state index in [1.54, 1.807) is 18.2 Å². The van der Waals surface area contributed by atoms with E-state index < -0.39 is 10.0 Å². The van der Waals surface area contributed by atoms with E-state index in [0.29, 0.717) is 36.1 Å². The van der Waals surface area contributed by atoms with Crippen molar-refractivity contribution in [3.63, 3.8) is 0 Å². The van der Waals surface area contributed by atoms with Crippen molar-refractivity contribution in [3.8, 4) is 0 Å². The minimum atomic E-state index is -3.50. The van der Waals surface area contributed by atoms with Gasteiger partial charge in [0, 0.05) is 13.1 Å². The second kappa shape index (κ2) is 5.83. The standard InChI is InChI=1S/C14H19FN2O2S.ClH/c1-9-3-13(4-10(2)14(9)15)20(18,19)17-7-11-5-16-6-12(11)8-17;/h3-4,11-12,16H,5-8H2,1-2H3;1H/t11-,12+;. The van der Waals surface area contributed by atoms with Crippen molar-refractivity contribution >= 4 is 22.4 Å². The number of halogens is 2. The first-order chi connectivity index (χ1) is 9.39. The molecule has 0 saturated carbocycles. The van der Waals surface area contributed by atoms with E-state index in [2.05, 4.69) is 5.32 Å². The predicted octanol–water partition coefficient (Wildman–Crippen LogP) is 1.70. The molecular formula is C14H20ClFN2O2S. The van der Waals surface area contributed by atoms with Crippen LogP contribution < -0.4 is 5.32 Å². The van der Waals surface area contributed by atoms with Gasteiger partial charge in [-0.25, -0.2) is 12.8 Å². The van der Waals surface area contributed by atoms with Crippen molar-refractivity contribution in [2.75, 3.05) is 26.2 Å². The maximum atomic E-state index is 13.6. The van der Waals surface area contributed by atoms with Crippen LogP contribution >= 0.6 is 12.4 Å². The molecule has 0 aromatic heterocycles. The van der Waals surface area contributed by atoms with Gasteiger partial charge in [0.2, 0.25) is 10.0 Å². The van der Waals surface area contributed by atoms with Crippen molar-refractivity contribution < 1.29 is 12.8 Å². The number of nitrogens with zero attached hydrogens (tertiary/aromatic N) is 1. The van der Waals surface area contributed by atoms with Gasteiger partial charge in [-0.2, -0.15) is 4.31 Å². The Hall–Kier alpha value is -0.690. The smallest absolute Gasteiger partial charge is 0.243 e. The maximum absolute atomic E-state index is 13.6. The van der Waals surface area contributed by atoms with Crippen LogP contribution in [0.25, 0.3) is 0 Å². The summed E-state index contributed by atoms with van der Waals surface area (Å²) in [5.74, 6) is 0.492. The van der Waals surface area contributed by atoms with Crippen LogP contribution in [0.3, 0.4) is 0 Å². The zero-order valence-electron chi connectivity index (χ0n) is 12.1. The van der Waals surface area contributed by atoms with E-state index >= 15 is 0 Å². The lowest BCUT2D eigenvalue weighted by Gasteiger charge is -2.18. The molecule has 0 aliphatic carbocycles. The minimum Gasteiger partial charge on any atom is -0.316 e. The van der Waals surface area contributed by atoms with Crippen molar-refractivity contribution in [2.24, 2.45) is 11.8 Å². The normalized spacial score (nSPS) is 25.7. The summed E-state index contributed by atoms with van der Waals surface area (Å²) in [4.78, 5) is 0.210. The third kappa shape index (κ3) is 2.82. The molecule has 2 aliphatic heterocycles. The Morgan fingerprint density at radius 1 is 1.14 bits per heavy atom. The van der Waals surface area contributed by atoms with Gasteiger partial charge < -0.3 is 5.32 Å². The lowest BCUT2D eigenvalue weighted by atomic mass is 10.0. The molecule has 1 aromatic carbocycles. The third-order valence-corrected chi connectivity index (χ3v) is 6.21. The van der Waals surface area contributed by atoms with Crippen molar-refractivity contribution in [1.29, 1.82) is 0 Å². The molecular weight excluding hydrogens is 315 g/mol. The first-order valence-electron chi connectivity index (χ1n) is 6.87. The van der Waals surface area contributed by atoms with Crippen LogP contribution in [-0.4, -0.2) is 38.9 Å². The highest BCUT2D eigenvalue weighted by Crippen LogP contribution is 2.31. The van der Waals surface area contributed by atoms with Gasteiger partial charge in [0.25, 0.3) is 0 Å². The summed E-state index contributed by atoms with van der Waals surface area (Å²) in [6, 6.07) is 2.87. The molecule has 21 heavy (non-hydrogen) atoms. The van der Waals surface area contributed by atoms with Gasteiger partial charge in [-0.3, -0.25) is 0 Å². The summed E-state index contributed by atoms with van der Waals surface area (Å²) in [5, 5.41) is 3.29. The highest BCUT2D eigenvalue weighted by molar-refractivity contribution is 7.89. The molecule has 0 bridgehead atoms. The van der Waals surface area contributed by atoms with E-state index in [1.165, 1.54) is 12.1 Å². The Morgan fingerprint density at radius 3 is 2.10 bits per heavy atom. The molecule has 2 atom stereocenters. The van der Waals surface area contributed by atoms with Crippen LogP contribution in [0.1, 0.15) is 11.1 Å². The maximum Gasteiger partial charge on any atom is 0.243 e. The highest BCUT2D eigenvalue weighted by atomic mass is 35.5. The average Bonchev–Trinajstić information content (AvgIpc) is 2.95. The van der Waals surface area contributed by atoms with E-state index in [1.807, 2.05) is 0 Å². The van der Waals surface area contributed by atoms with E-state index in [9.17, 15) is 12.8 Å². The van der Waals surface area contributed by atoms with E-state index in [0.717, 1.165) is 13.1 Å². The topological polar surface area (TPSA) is 49.4 Å². The van der Waals surface area contributed by atoms with Gasteiger partial charge in [0.1, 0.15) is 5.82 Å². The lowest BCUT2D eigenvalue weighted by molar-refractivity contribution is 0.447. The highest BCUT2D eigenvalue weighted by Gasteiger charge is 2.41. The Balaban J connectivity index is 0.00000161. The number of benzene rings is 1. The SMILES string of the molecule is Cc1cc(S(=O)(=O)N2C[C@H]3CNC[C@H]3C2)cc(C)c1F.Cl. The number of sulfonamides is 1. The number of fused-ring (bicyclic) bond motifs is 1. The van der Waals surface area contributed by atoms with Gasteiger partial charge in [0.15, 0.2) is 0 Å². The predicted molar refractivity (Wildman–Crippen MR) is 81.7 cm³/mol. The van der Waals surface area contributed by atoms with Gasteiger partial charge in [-0.15, -0.1) is 12.4 Å². The first-order valence-corrected chi connectivity index (χ1v) is 8.31. The quantitative estimate of drug-likeness (QED) is 0.895. The summed E-state index contributed by atoms with van der Waals surface area (Å²) < 4.78 is 40.5. The molecule has 0 unspecified atom stereocenters. The van der Waals surface area contributed by atoms with Crippen molar-refractivity contribution in [1.82, 2.24) is 9.62 Å². The van der Waals surface area contributed by atoms with Crippen LogP contribution in [0.2, 0.25) is 0 Å². The Labute approximate surface area is 131 Å². The Morgan fingerprint density at radius 2 is 1.62 bits per heavy atom. The molecule has 2 heterocycles. The van der Waals surface area contributed by atoms with Crippen molar-refractivity contribution in [3.05, 3.63) is 29.1 Å². The van der Waals surface area contributed by atoms with Crippen LogP contribution in [0.15, 0.2) is 17.0 Å². The van der Waals surface area contributed by atoms with Gasteiger partial charge in [0.05, 0.1) is 4.90 Å². The summed E-state index contributed by atoms with van der Waals surface area (Å²) in [7, 11) is -3.50. The Bertz CT molecular complexity index is 615. The van der Waals surface area contributed by atoms with Crippen LogP contribution in [0.5, 0.6) is 0 Å². The van der Waals surface area contributed by atoms with E-state index in [4.69, 9.17) is 0 Å². The molecule has 3 rings (SSSR count).